The van der Waals surface area contributed by atoms with Gasteiger partial charge in [0, 0.05) is 19.1 Å². The molecule has 0 saturated heterocycles. The van der Waals surface area contributed by atoms with Gasteiger partial charge in [0.05, 0.1) is 31.9 Å². The van der Waals surface area contributed by atoms with Crippen LogP contribution in [0.4, 0.5) is 0 Å². The zero-order valence-electron chi connectivity index (χ0n) is 18.0. The lowest BCUT2D eigenvalue weighted by molar-refractivity contribution is -0.122. The Balaban J connectivity index is 2.54. The summed E-state index contributed by atoms with van der Waals surface area (Å²) in [7, 11) is 1.80. The summed E-state index contributed by atoms with van der Waals surface area (Å²) in [4.78, 5) is 18.3. The van der Waals surface area contributed by atoms with Gasteiger partial charge >= 0.3 is 0 Å². The summed E-state index contributed by atoms with van der Waals surface area (Å²) in [5, 5.41) is 16.3. The molecule has 1 rings (SSSR count). The molecule has 1 amide bonds. The van der Waals surface area contributed by atoms with Gasteiger partial charge in [-0.15, -0.1) is 0 Å². The maximum absolute atomic E-state index is 12.1. The first kappa shape index (κ1) is 23.9. The number of likely N-dealkylation sites (N-methyl/N-ethyl adjacent to an activating group) is 1. The van der Waals surface area contributed by atoms with Crippen molar-refractivity contribution < 1.29 is 14.6 Å². The van der Waals surface area contributed by atoms with E-state index in [1.807, 2.05) is 65.0 Å². The minimum absolute atomic E-state index is 0.0822. The third-order valence-electron chi connectivity index (χ3n) is 3.85. The Morgan fingerprint density at radius 2 is 1.93 bits per heavy atom. The highest BCUT2D eigenvalue weighted by Crippen LogP contribution is 2.15. The van der Waals surface area contributed by atoms with Crippen molar-refractivity contribution in [3.8, 4) is 0 Å². The molecule has 0 aliphatic carbocycles. The molecule has 0 fully saturated rings. The number of nitrogens with one attached hydrogen (secondary N) is 2. The second-order valence-corrected chi connectivity index (χ2v) is 7.89. The fourth-order valence-electron chi connectivity index (χ4n) is 2.54. The Morgan fingerprint density at radius 3 is 2.50 bits per heavy atom. The number of carbonyl (C=O) groups excluding carboxylic acids is 1. The van der Waals surface area contributed by atoms with Crippen molar-refractivity contribution in [1.82, 2.24) is 15.5 Å². The van der Waals surface area contributed by atoms with Gasteiger partial charge in [-0.25, -0.2) is 0 Å². The number of amides is 1. The van der Waals surface area contributed by atoms with Gasteiger partial charge in [-0.05, 0) is 40.2 Å². The Hall–Kier alpha value is -2.12. The van der Waals surface area contributed by atoms with Gasteiger partial charge in [0.1, 0.15) is 0 Å². The molecule has 0 radical (unpaired) electrons. The first-order chi connectivity index (χ1) is 13.1. The molecule has 7 heteroatoms. The number of guanidine groups is 1. The summed E-state index contributed by atoms with van der Waals surface area (Å²) in [5.41, 5.74) is 0.785. The SMILES string of the molecule is CCNC(=NCC(O)COC(C)c1ccccc1)N(C)CC(=O)NC(C)(C)C. The highest BCUT2D eigenvalue weighted by atomic mass is 16.5. The fraction of sp³-hybridized carbons (Fsp3) is 0.619. The van der Waals surface area contributed by atoms with Crippen LogP contribution in [-0.4, -0.2) is 66.8 Å². The molecule has 0 spiro atoms. The van der Waals surface area contributed by atoms with Crippen molar-refractivity contribution in [2.45, 2.75) is 52.4 Å². The minimum Gasteiger partial charge on any atom is -0.389 e. The van der Waals surface area contributed by atoms with Crippen molar-refractivity contribution in [1.29, 1.82) is 0 Å². The van der Waals surface area contributed by atoms with Crippen LogP contribution in [0.3, 0.4) is 0 Å². The smallest absolute Gasteiger partial charge is 0.240 e. The lowest BCUT2D eigenvalue weighted by Crippen LogP contribution is -2.49. The molecule has 1 aromatic rings. The number of aliphatic imine (C=N–C) groups is 1. The zero-order valence-corrected chi connectivity index (χ0v) is 18.0. The number of aliphatic hydroxyl groups is 1. The van der Waals surface area contributed by atoms with E-state index in [1.54, 1.807) is 11.9 Å². The van der Waals surface area contributed by atoms with Crippen molar-refractivity contribution in [3.63, 3.8) is 0 Å². The summed E-state index contributed by atoms with van der Waals surface area (Å²) in [6, 6.07) is 9.88. The van der Waals surface area contributed by atoms with E-state index in [4.69, 9.17) is 4.74 Å². The van der Waals surface area contributed by atoms with Crippen LogP contribution in [0.25, 0.3) is 0 Å². The Morgan fingerprint density at radius 1 is 1.29 bits per heavy atom. The number of benzene rings is 1. The second-order valence-electron chi connectivity index (χ2n) is 7.89. The predicted molar refractivity (Wildman–Crippen MR) is 113 cm³/mol. The Kier molecular flexibility index (Phi) is 9.96. The molecular formula is C21H36N4O3. The first-order valence-electron chi connectivity index (χ1n) is 9.77. The number of carbonyl (C=O) groups is 1. The number of nitrogens with zero attached hydrogens (tertiary/aromatic N) is 2. The number of hydrogen-bond donors (Lipinski definition) is 3. The minimum atomic E-state index is -0.725. The maximum atomic E-state index is 12.1. The zero-order chi connectivity index (χ0) is 21.2. The highest BCUT2D eigenvalue weighted by molar-refractivity contribution is 5.86. The molecule has 158 valence electrons. The largest absolute Gasteiger partial charge is 0.389 e. The van der Waals surface area contributed by atoms with Gasteiger partial charge in [0.15, 0.2) is 5.96 Å². The third-order valence-corrected chi connectivity index (χ3v) is 3.85. The molecule has 28 heavy (non-hydrogen) atoms. The number of aliphatic hydroxyl groups excluding tert-OH is 1. The molecule has 0 bridgehead atoms. The van der Waals surface area contributed by atoms with E-state index in [2.05, 4.69) is 15.6 Å². The Labute approximate surface area is 169 Å². The lowest BCUT2D eigenvalue weighted by atomic mass is 10.1. The van der Waals surface area contributed by atoms with Crippen LogP contribution < -0.4 is 10.6 Å². The highest BCUT2D eigenvalue weighted by Gasteiger charge is 2.17. The fourth-order valence-corrected chi connectivity index (χ4v) is 2.54. The van der Waals surface area contributed by atoms with E-state index in [-0.39, 0.29) is 37.2 Å². The molecule has 2 unspecified atom stereocenters. The third kappa shape index (κ3) is 9.71. The normalized spacial score (nSPS) is 14.3. The number of hydrogen-bond acceptors (Lipinski definition) is 4. The van der Waals surface area contributed by atoms with E-state index in [9.17, 15) is 9.90 Å². The van der Waals surface area contributed by atoms with Crippen molar-refractivity contribution >= 4 is 11.9 Å². The lowest BCUT2D eigenvalue weighted by Gasteiger charge is -2.25. The average molecular weight is 393 g/mol. The summed E-state index contributed by atoms with van der Waals surface area (Å²) >= 11 is 0. The van der Waals surface area contributed by atoms with Gasteiger partial charge in [-0.1, -0.05) is 30.3 Å². The van der Waals surface area contributed by atoms with Crippen LogP contribution in [0.2, 0.25) is 0 Å². The van der Waals surface area contributed by atoms with E-state index >= 15 is 0 Å². The second kappa shape index (κ2) is 11.7. The maximum Gasteiger partial charge on any atom is 0.240 e. The summed E-state index contributed by atoms with van der Waals surface area (Å²) in [5.74, 6) is 0.489. The van der Waals surface area contributed by atoms with E-state index in [0.29, 0.717) is 12.5 Å². The van der Waals surface area contributed by atoms with Crippen molar-refractivity contribution in [2.24, 2.45) is 4.99 Å². The molecule has 3 N–H and O–H groups in total. The van der Waals surface area contributed by atoms with Crippen LogP contribution in [-0.2, 0) is 9.53 Å². The molecule has 0 aromatic heterocycles. The van der Waals surface area contributed by atoms with Crippen LogP contribution in [0.15, 0.2) is 35.3 Å². The van der Waals surface area contributed by atoms with E-state index in [0.717, 1.165) is 5.56 Å². The van der Waals surface area contributed by atoms with Crippen LogP contribution >= 0.6 is 0 Å². The molecule has 0 saturated carbocycles. The van der Waals surface area contributed by atoms with Gasteiger partial charge in [-0.2, -0.15) is 0 Å². The number of rotatable bonds is 9. The first-order valence-corrected chi connectivity index (χ1v) is 9.77. The van der Waals surface area contributed by atoms with Gasteiger partial charge in [0.25, 0.3) is 0 Å². The predicted octanol–water partition coefficient (Wildman–Crippen LogP) is 1.94. The van der Waals surface area contributed by atoms with Crippen molar-refractivity contribution in [2.75, 3.05) is 33.3 Å². The monoisotopic (exact) mass is 392 g/mol. The standard InChI is InChI=1S/C21H36N4O3/c1-7-22-20(25(6)14-19(27)24-21(3,4)5)23-13-18(26)15-28-16(2)17-11-9-8-10-12-17/h8-12,16,18,26H,7,13-15H2,1-6H3,(H,22,23)(H,24,27). The van der Waals surface area contributed by atoms with Crippen LogP contribution in [0.5, 0.6) is 0 Å². The van der Waals surface area contributed by atoms with Gasteiger partial charge in [-0.3, -0.25) is 9.79 Å². The molecule has 0 aliphatic heterocycles. The molecule has 7 nitrogen and oxygen atoms in total. The Bertz CT molecular complexity index is 614. The molecule has 0 heterocycles. The van der Waals surface area contributed by atoms with Crippen LogP contribution in [0, 0.1) is 0 Å². The van der Waals surface area contributed by atoms with Crippen LogP contribution in [0.1, 0.15) is 46.3 Å². The van der Waals surface area contributed by atoms with Crippen molar-refractivity contribution in [3.05, 3.63) is 35.9 Å². The quantitative estimate of drug-likeness (QED) is 0.442. The molecular weight excluding hydrogens is 356 g/mol. The van der Waals surface area contributed by atoms with Gasteiger partial charge in [0.2, 0.25) is 5.91 Å². The molecule has 0 aliphatic rings. The summed E-state index contributed by atoms with van der Waals surface area (Å²) in [6.45, 7) is 11.0. The van der Waals surface area contributed by atoms with E-state index in [1.165, 1.54) is 0 Å². The number of ether oxygens (including phenoxy) is 1. The topological polar surface area (TPSA) is 86.2 Å². The average Bonchev–Trinajstić information content (AvgIpc) is 2.62. The summed E-state index contributed by atoms with van der Waals surface area (Å²) < 4.78 is 5.74. The van der Waals surface area contributed by atoms with Gasteiger partial charge < -0.3 is 25.4 Å². The molecule has 1 aromatic carbocycles. The summed E-state index contributed by atoms with van der Waals surface area (Å²) in [6.07, 6.45) is -0.826. The molecule has 2 atom stereocenters. The van der Waals surface area contributed by atoms with E-state index < -0.39 is 6.10 Å².